The van der Waals surface area contributed by atoms with Gasteiger partial charge in [0, 0.05) is 37.8 Å². The van der Waals surface area contributed by atoms with Crippen LogP contribution in [0.3, 0.4) is 0 Å². The number of ether oxygens (including phenoxy) is 1. The van der Waals surface area contributed by atoms with E-state index in [1.807, 2.05) is 0 Å². The molecule has 1 saturated heterocycles. The van der Waals surface area contributed by atoms with Gasteiger partial charge in [0.1, 0.15) is 6.04 Å². The summed E-state index contributed by atoms with van der Waals surface area (Å²) in [5.41, 5.74) is 1.92. The molecule has 0 bridgehead atoms. The van der Waals surface area contributed by atoms with Crippen molar-refractivity contribution in [3.63, 3.8) is 0 Å². The molecule has 3 amide bonds. The first-order chi connectivity index (χ1) is 15.2. The quantitative estimate of drug-likeness (QED) is 0.592. The Hall–Kier alpha value is -3.30. The summed E-state index contributed by atoms with van der Waals surface area (Å²) in [5, 5.41) is 16.2. The van der Waals surface area contributed by atoms with Gasteiger partial charge in [-0.25, -0.2) is 9.59 Å². The first kappa shape index (κ1) is 23.4. The van der Waals surface area contributed by atoms with E-state index in [1.165, 1.54) is 12.0 Å². The number of hydrogen-bond acceptors (Lipinski definition) is 6. The molecule has 0 radical (unpaired) electrons. The van der Waals surface area contributed by atoms with Gasteiger partial charge in [-0.05, 0) is 42.5 Å². The minimum atomic E-state index is -0.868. The number of aliphatic hydroxyl groups is 1. The summed E-state index contributed by atoms with van der Waals surface area (Å²) in [5.74, 6) is -0.934. The lowest BCUT2D eigenvalue weighted by molar-refractivity contribution is -0.119. The summed E-state index contributed by atoms with van der Waals surface area (Å²) in [6, 6.07) is 9.96. The molecule has 0 spiro atoms. The van der Waals surface area contributed by atoms with Gasteiger partial charge in [-0.3, -0.25) is 4.79 Å². The zero-order valence-corrected chi connectivity index (χ0v) is 18.7. The van der Waals surface area contributed by atoms with Crippen LogP contribution in [0.15, 0.2) is 42.5 Å². The van der Waals surface area contributed by atoms with E-state index in [9.17, 15) is 19.5 Å². The number of aliphatic hydroxyl groups excluding tert-OH is 1. The number of nitrogens with zero attached hydrogens (tertiary/aromatic N) is 2. The summed E-state index contributed by atoms with van der Waals surface area (Å²) >= 11 is 5.87. The van der Waals surface area contributed by atoms with Crippen molar-refractivity contribution < 1.29 is 24.2 Å². The number of esters is 1. The lowest BCUT2D eigenvalue weighted by Crippen LogP contribution is -2.45. The van der Waals surface area contributed by atoms with Crippen LogP contribution in [0.25, 0.3) is 0 Å². The number of carbonyl (C=O) groups is 3. The van der Waals surface area contributed by atoms with Gasteiger partial charge in [0.2, 0.25) is 5.91 Å². The van der Waals surface area contributed by atoms with Crippen LogP contribution < -0.4 is 15.5 Å². The predicted molar refractivity (Wildman–Crippen MR) is 122 cm³/mol. The number of likely N-dealkylation sites (tertiary alicyclic amines) is 1. The second kappa shape index (κ2) is 9.88. The van der Waals surface area contributed by atoms with Crippen LogP contribution in [-0.2, 0) is 9.53 Å². The Bertz CT molecular complexity index is 1010. The molecule has 1 aliphatic rings. The molecule has 2 atom stereocenters. The third-order valence-electron chi connectivity index (χ3n) is 5.10. The molecule has 0 saturated carbocycles. The number of nitrogens with one attached hydrogen (secondary N) is 2. The smallest absolute Gasteiger partial charge is 0.337 e. The Morgan fingerprint density at radius 1 is 1.12 bits per heavy atom. The van der Waals surface area contributed by atoms with Crippen molar-refractivity contribution in [3.8, 4) is 0 Å². The van der Waals surface area contributed by atoms with Crippen molar-refractivity contribution in [2.75, 3.05) is 43.3 Å². The van der Waals surface area contributed by atoms with E-state index in [0.717, 1.165) is 0 Å². The molecule has 1 fully saturated rings. The van der Waals surface area contributed by atoms with Crippen LogP contribution >= 0.6 is 11.6 Å². The van der Waals surface area contributed by atoms with Crippen molar-refractivity contribution in [3.05, 3.63) is 53.1 Å². The fourth-order valence-corrected chi connectivity index (χ4v) is 3.61. The molecule has 2 aromatic carbocycles. The minimum absolute atomic E-state index is 0.0271. The lowest BCUT2D eigenvalue weighted by Gasteiger charge is -2.25. The van der Waals surface area contributed by atoms with Crippen molar-refractivity contribution >= 4 is 46.6 Å². The molecule has 9 nitrogen and oxygen atoms in total. The van der Waals surface area contributed by atoms with Gasteiger partial charge in [-0.1, -0.05) is 11.6 Å². The Labute approximate surface area is 190 Å². The number of rotatable bonds is 5. The Balaban J connectivity index is 1.77. The maximum Gasteiger partial charge on any atom is 0.337 e. The standard InChI is InChI=1S/C22H25ClN4O5/c1-26(2)18-10-13(21(30)32-3)4-9-17(18)25-20(29)19-11-16(28)12-27(19)22(31)24-15-7-5-14(23)6-8-15/h4-10,16,19,28H,11-12H2,1-3H3,(H,24,31)(H,25,29)/t16-,19-/m1/s1. The normalized spacial score (nSPS) is 17.6. The van der Waals surface area contributed by atoms with E-state index in [2.05, 4.69) is 10.6 Å². The number of amides is 3. The van der Waals surface area contributed by atoms with Gasteiger partial charge in [0.15, 0.2) is 0 Å². The molecule has 3 rings (SSSR count). The molecule has 0 aromatic heterocycles. The molecule has 0 unspecified atom stereocenters. The van der Waals surface area contributed by atoms with Gasteiger partial charge in [-0.15, -0.1) is 0 Å². The largest absolute Gasteiger partial charge is 0.465 e. The van der Waals surface area contributed by atoms with Crippen LogP contribution in [0.1, 0.15) is 16.8 Å². The number of methoxy groups -OCH3 is 1. The average Bonchev–Trinajstić information content (AvgIpc) is 3.17. The number of anilines is 3. The summed E-state index contributed by atoms with van der Waals surface area (Å²) in [6.45, 7) is 0.0271. The topological polar surface area (TPSA) is 111 Å². The summed E-state index contributed by atoms with van der Waals surface area (Å²) in [6.07, 6.45) is -0.714. The van der Waals surface area contributed by atoms with Gasteiger partial charge in [0.25, 0.3) is 0 Å². The summed E-state index contributed by atoms with van der Waals surface area (Å²) in [4.78, 5) is 40.7. The summed E-state index contributed by atoms with van der Waals surface area (Å²) in [7, 11) is 4.84. The highest BCUT2D eigenvalue weighted by Gasteiger charge is 2.39. The Morgan fingerprint density at radius 2 is 1.81 bits per heavy atom. The molecular weight excluding hydrogens is 436 g/mol. The maximum absolute atomic E-state index is 13.1. The monoisotopic (exact) mass is 460 g/mol. The van der Waals surface area contributed by atoms with Crippen LogP contribution in [0.2, 0.25) is 5.02 Å². The third-order valence-corrected chi connectivity index (χ3v) is 5.35. The third kappa shape index (κ3) is 5.30. The lowest BCUT2D eigenvalue weighted by atomic mass is 10.1. The highest BCUT2D eigenvalue weighted by molar-refractivity contribution is 6.30. The fraction of sp³-hybridized carbons (Fsp3) is 0.318. The molecule has 170 valence electrons. The number of urea groups is 1. The van der Waals surface area contributed by atoms with Gasteiger partial charge in [-0.2, -0.15) is 0 Å². The Kier molecular flexibility index (Phi) is 7.22. The second-order valence-electron chi connectivity index (χ2n) is 7.60. The van der Waals surface area contributed by atoms with E-state index in [1.54, 1.807) is 61.5 Å². The predicted octanol–water partition coefficient (Wildman–Crippen LogP) is 2.80. The highest BCUT2D eigenvalue weighted by atomic mass is 35.5. The van der Waals surface area contributed by atoms with E-state index in [4.69, 9.17) is 16.3 Å². The number of benzene rings is 2. The molecule has 32 heavy (non-hydrogen) atoms. The number of carbonyl (C=O) groups excluding carboxylic acids is 3. The van der Waals surface area contributed by atoms with E-state index >= 15 is 0 Å². The van der Waals surface area contributed by atoms with Gasteiger partial charge >= 0.3 is 12.0 Å². The zero-order chi connectivity index (χ0) is 23.4. The van der Waals surface area contributed by atoms with Crippen molar-refractivity contribution in [2.24, 2.45) is 0 Å². The number of hydrogen-bond donors (Lipinski definition) is 3. The van der Waals surface area contributed by atoms with Crippen molar-refractivity contribution in [1.82, 2.24) is 4.90 Å². The second-order valence-corrected chi connectivity index (χ2v) is 8.04. The maximum atomic E-state index is 13.1. The molecular formula is C22H25ClN4O5. The SMILES string of the molecule is COC(=O)c1ccc(NC(=O)[C@H]2C[C@@H](O)CN2C(=O)Nc2ccc(Cl)cc2)c(N(C)C)c1. The van der Waals surface area contributed by atoms with Crippen LogP contribution in [0.5, 0.6) is 0 Å². The van der Waals surface area contributed by atoms with Crippen LogP contribution in [0, 0.1) is 0 Å². The fourth-order valence-electron chi connectivity index (χ4n) is 3.48. The summed E-state index contributed by atoms with van der Waals surface area (Å²) < 4.78 is 4.75. The van der Waals surface area contributed by atoms with Gasteiger partial charge < -0.3 is 30.3 Å². The van der Waals surface area contributed by atoms with Gasteiger partial charge in [0.05, 0.1) is 30.2 Å². The Morgan fingerprint density at radius 3 is 2.44 bits per heavy atom. The van der Waals surface area contributed by atoms with Crippen molar-refractivity contribution in [1.29, 1.82) is 0 Å². The van der Waals surface area contributed by atoms with Crippen LogP contribution in [-0.4, -0.2) is 67.8 Å². The van der Waals surface area contributed by atoms with E-state index in [0.29, 0.717) is 27.6 Å². The average molecular weight is 461 g/mol. The zero-order valence-electron chi connectivity index (χ0n) is 18.0. The molecule has 0 aliphatic carbocycles. The molecule has 1 aliphatic heterocycles. The van der Waals surface area contributed by atoms with Crippen molar-refractivity contribution in [2.45, 2.75) is 18.6 Å². The van der Waals surface area contributed by atoms with E-state index < -0.39 is 30.1 Å². The molecule has 2 aromatic rings. The number of halogens is 1. The molecule has 10 heteroatoms. The molecule has 1 heterocycles. The first-order valence-corrected chi connectivity index (χ1v) is 10.3. The number of β-amino-alcohol motifs (C(OH)–C–C–N with tert-alkyl or cyclic N) is 1. The van der Waals surface area contributed by atoms with Crippen LogP contribution in [0.4, 0.5) is 21.9 Å². The first-order valence-electron chi connectivity index (χ1n) is 9.91. The van der Waals surface area contributed by atoms with E-state index in [-0.39, 0.29) is 13.0 Å². The highest BCUT2D eigenvalue weighted by Crippen LogP contribution is 2.28. The minimum Gasteiger partial charge on any atom is -0.465 e. The molecule has 3 N–H and O–H groups in total.